The molecule has 0 saturated carbocycles. The van der Waals surface area contributed by atoms with Crippen molar-refractivity contribution in [2.24, 2.45) is 0 Å². The van der Waals surface area contributed by atoms with Gasteiger partial charge in [0.2, 0.25) is 0 Å². The molecule has 0 rings (SSSR count). The van der Waals surface area contributed by atoms with Crippen molar-refractivity contribution in [3.05, 3.63) is 48.6 Å². The predicted molar refractivity (Wildman–Crippen MR) is 208 cm³/mol. The summed E-state index contributed by atoms with van der Waals surface area (Å²) in [5.74, 6) is -0.870. The number of hydrogen-bond donors (Lipinski definition) is 0. The van der Waals surface area contributed by atoms with Gasteiger partial charge in [-0.15, -0.1) is 0 Å². The summed E-state index contributed by atoms with van der Waals surface area (Å²) in [6.45, 7) is 4.03. The maximum Gasteiger partial charge on any atom is 0.306 e. The first kappa shape index (κ1) is 49.0. The van der Waals surface area contributed by atoms with Gasteiger partial charge >= 0.3 is 11.9 Å². The fourth-order valence-electron chi connectivity index (χ4n) is 4.96. The van der Waals surface area contributed by atoms with Gasteiger partial charge in [0, 0.05) is 12.8 Å². The minimum Gasteiger partial charge on any atom is -0.756 e. The van der Waals surface area contributed by atoms with Crippen molar-refractivity contribution in [1.29, 1.82) is 0 Å². The number of unbranched alkanes of at least 4 members (excludes halogenated alkanes) is 13. The minimum atomic E-state index is -4.63. The Labute approximate surface area is 312 Å². The molecule has 0 spiro atoms. The zero-order valence-corrected chi connectivity index (χ0v) is 33.9. The first-order valence-electron chi connectivity index (χ1n) is 19.8. The highest BCUT2D eigenvalue weighted by atomic mass is 31.2. The monoisotopic (exact) mass is 740 g/mol. The number of hydrogen-bond acceptors (Lipinski definition) is 8. The Morgan fingerprint density at radius 3 is 1.69 bits per heavy atom. The van der Waals surface area contributed by atoms with Gasteiger partial charge in [-0.2, -0.15) is 0 Å². The van der Waals surface area contributed by atoms with Gasteiger partial charge in [0.25, 0.3) is 7.82 Å². The topological polar surface area (TPSA) is 111 Å². The smallest absolute Gasteiger partial charge is 0.306 e. The van der Waals surface area contributed by atoms with E-state index in [1.165, 1.54) is 25.7 Å². The van der Waals surface area contributed by atoms with E-state index >= 15 is 0 Å². The van der Waals surface area contributed by atoms with E-state index in [1.807, 2.05) is 21.1 Å². The quantitative estimate of drug-likeness (QED) is 0.0208. The van der Waals surface area contributed by atoms with Crippen LogP contribution in [0.3, 0.4) is 0 Å². The summed E-state index contributed by atoms with van der Waals surface area (Å²) in [5, 5.41) is 0. The number of carbonyl (C=O) groups is 2. The molecule has 0 radical (unpaired) electrons. The molecular formula is C41H74NO8P. The molecule has 0 aliphatic rings. The van der Waals surface area contributed by atoms with E-state index in [1.54, 1.807) is 0 Å². The number of rotatable bonds is 35. The molecule has 51 heavy (non-hydrogen) atoms. The summed E-state index contributed by atoms with van der Waals surface area (Å²) < 4.78 is 33.7. The minimum absolute atomic E-state index is 0.0374. The van der Waals surface area contributed by atoms with E-state index in [2.05, 4.69) is 62.5 Å². The molecule has 0 amide bonds. The maximum atomic E-state index is 12.6. The lowest BCUT2D eigenvalue weighted by molar-refractivity contribution is -0.870. The number of esters is 2. The molecule has 0 aromatic carbocycles. The van der Waals surface area contributed by atoms with Crippen molar-refractivity contribution in [1.82, 2.24) is 0 Å². The third kappa shape index (κ3) is 37.5. The van der Waals surface area contributed by atoms with Crippen molar-refractivity contribution in [3.63, 3.8) is 0 Å². The zero-order chi connectivity index (χ0) is 37.9. The lowest BCUT2D eigenvalue weighted by atomic mass is 10.1. The van der Waals surface area contributed by atoms with Gasteiger partial charge < -0.3 is 27.9 Å². The molecule has 0 aliphatic carbocycles. The molecule has 0 heterocycles. The van der Waals surface area contributed by atoms with Gasteiger partial charge in [-0.05, 0) is 70.6 Å². The predicted octanol–water partition coefficient (Wildman–Crippen LogP) is 10.1. The van der Waals surface area contributed by atoms with Crippen LogP contribution in [0.2, 0.25) is 0 Å². The van der Waals surface area contributed by atoms with E-state index in [-0.39, 0.29) is 26.1 Å². The summed E-state index contributed by atoms with van der Waals surface area (Å²) in [5.41, 5.74) is 0. The van der Waals surface area contributed by atoms with Crippen LogP contribution in [0.4, 0.5) is 0 Å². The van der Waals surface area contributed by atoms with Gasteiger partial charge in [0.1, 0.15) is 19.8 Å². The van der Waals surface area contributed by atoms with Gasteiger partial charge in [0.15, 0.2) is 6.10 Å². The van der Waals surface area contributed by atoms with Gasteiger partial charge in [0.05, 0.1) is 27.7 Å². The molecule has 0 fully saturated rings. The molecule has 0 aromatic rings. The van der Waals surface area contributed by atoms with Crippen LogP contribution in [0.15, 0.2) is 48.6 Å². The van der Waals surface area contributed by atoms with Crippen molar-refractivity contribution >= 4 is 19.8 Å². The van der Waals surface area contributed by atoms with Crippen LogP contribution in [-0.2, 0) is 32.7 Å². The number of phosphoric ester groups is 1. The van der Waals surface area contributed by atoms with Gasteiger partial charge in [-0.25, -0.2) is 0 Å². The first-order chi connectivity index (χ1) is 24.5. The van der Waals surface area contributed by atoms with Crippen LogP contribution in [0.5, 0.6) is 0 Å². The van der Waals surface area contributed by atoms with Gasteiger partial charge in [-0.1, -0.05) is 114 Å². The Kier molecular flexibility index (Phi) is 32.4. The lowest BCUT2D eigenvalue weighted by Crippen LogP contribution is -2.37. The molecule has 1 unspecified atom stereocenters. The molecule has 0 N–H and O–H groups in total. The van der Waals surface area contributed by atoms with E-state index in [9.17, 15) is 19.0 Å². The van der Waals surface area contributed by atoms with Crippen LogP contribution in [0.1, 0.15) is 149 Å². The molecule has 10 heteroatoms. The second kappa shape index (κ2) is 33.8. The normalized spacial score (nSPS) is 14.2. The number of phosphoric acid groups is 1. The molecule has 9 nitrogen and oxygen atoms in total. The molecule has 0 saturated heterocycles. The average molecular weight is 740 g/mol. The van der Waals surface area contributed by atoms with Crippen molar-refractivity contribution < 1.29 is 42.1 Å². The van der Waals surface area contributed by atoms with Crippen LogP contribution in [0.25, 0.3) is 0 Å². The summed E-state index contributed by atoms with van der Waals surface area (Å²) in [4.78, 5) is 37.4. The van der Waals surface area contributed by atoms with Crippen LogP contribution >= 0.6 is 7.82 Å². The summed E-state index contributed by atoms with van der Waals surface area (Å²) in [6, 6.07) is 0. The summed E-state index contributed by atoms with van der Waals surface area (Å²) in [6.07, 6.45) is 37.1. The highest BCUT2D eigenvalue weighted by molar-refractivity contribution is 7.45. The van der Waals surface area contributed by atoms with E-state index in [4.69, 9.17) is 18.5 Å². The molecule has 296 valence electrons. The molecule has 2 atom stereocenters. The number of ether oxygens (including phenoxy) is 2. The molecule has 0 aliphatic heterocycles. The summed E-state index contributed by atoms with van der Waals surface area (Å²) in [7, 11) is 1.14. The number of likely N-dealkylation sites (N-methyl/N-ethyl adjacent to an activating group) is 1. The number of allylic oxidation sites excluding steroid dienone is 8. The molecule has 0 bridgehead atoms. The Bertz CT molecular complexity index is 1020. The van der Waals surface area contributed by atoms with Crippen molar-refractivity contribution in [3.8, 4) is 0 Å². The number of nitrogens with zero attached hydrogens (tertiary/aromatic N) is 1. The Hall–Kier alpha value is -2.03. The SMILES string of the molecule is CC/C=C\C/C=C\C/C=C\CCCCCCCC(=O)O[C@H](COC(=O)CCCCCCC/C=C\CCCCC)COP(=O)([O-])OCC[N+](C)(C)C. The first-order valence-corrected chi connectivity index (χ1v) is 21.3. The Balaban J connectivity index is 4.47. The number of carbonyl (C=O) groups excluding carboxylic acids is 2. The van der Waals surface area contributed by atoms with Gasteiger partial charge in [-0.3, -0.25) is 14.2 Å². The lowest BCUT2D eigenvalue weighted by Gasteiger charge is -2.28. The fraction of sp³-hybridized carbons (Fsp3) is 0.756. The standard InChI is InChI=1S/C41H74NO8P/c1-6-8-10-12-14-16-18-20-21-22-24-26-28-30-32-34-41(44)50-39(38-49-51(45,46)48-36-35-42(3,4)5)37-47-40(43)33-31-29-27-25-23-19-17-15-13-11-9-7-2/h8,10,14-17,20-21,39H,6-7,9,11-13,18-19,22-38H2,1-5H3/b10-8-,16-14-,17-15-,21-20-/t39-/m1/s1. The largest absolute Gasteiger partial charge is 0.756 e. The molecular weight excluding hydrogens is 665 g/mol. The maximum absolute atomic E-state index is 12.6. The fourth-order valence-corrected chi connectivity index (χ4v) is 5.68. The third-order valence-electron chi connectivity index (χ3n) is 8.08. The van der Waals surface area contributed by atoms with Crippen LogP contribution in [0, 0.1) is 0 Å². The highest BCUT2D eigenvalue weighted by Crippen LogP contribution is 2.38. The molecule has 0 aromatic heterocycles. The van der Waals surface area contributed by atoms with E-state index in [0.29, 0.717) is 23.9 Å². The van der Waals surface area contributed by atoms with Crippen LogP contribution < -0.4 is 4.89 Å². The van der Waals surface area contributed by atoms with E-state index < -0.39 is 32.5 Å². The second-order valence-electron chi connectivity index (χ2n) is 14.3. The Morgan fingerprint density at radius 1 is 0.627 bits per heavy atom. The second-order valence-corrected chi connectivity index (χ2v) is 15.7. The van der Waals surface area contributed by atoms with Crippen molar-refractivity contribution in [2.75, 3.05) is 47.5 Å². The summed E-state index contributed by atoms with van der Waals surface area (Å²) >= 11 is 0. The van der Waals surface area contributed by atoms with Crippen LogP contribution in [-0.4, -0.2) is 70.0 Å². The Morgan fingerprint density at radius 2 is 1.12 bits per heavy atom. The third-order valence-corrected chi connectivity index (χ3v) is 9.05. The highest BCUT2D eigenvalue weighted by Gasteiger charge is 2.21. The average Bonchev–Trinajstić information content (AvgIpc) is 3.07. The number of quaternary nitrogens is 1. The van der Waals surface area contributed by atoms with Crippen molar-refractivity contribution in [2.45, 2.75) is 155 Å². The zero-order valence-electron chi connectivity index (χ0n) is 33.0. The van der Waals surface area contributed by atoms with E-state index in [0.717, 1.165) is 83.5 Å².